The second-order valence-corrected chi connectivity index (χ2v) is 7.77. The van der Waals surface area contributed by atoms with E-state index in [1.54, 1.807) is 23.1 Å². The summed E-state index contributed by atoms with van der Waals surface area (Å²) in [6.07, 6.45) is 3.93. The van der Waals surface area contributed by atoms with Gasteiger partial charge in [-0.25, -0.2) is 8.78 Å². The Hall–Kier alpha value is -2.63. The van der Waals surface area contributed by atoms with Gasteiger partial charge in [0, 0.05) is 19.2 Å². The molecule has 6 heteroatoms. The Morgan fingerprint density at radius 3 is 2.57 bits per heavy atom. The van der Waals surface area contributed by atoms with Crippen molar-refractivity contribution in [1.29, 1.82) is 0 Å². The van der Waals surface area contributed by atoms with Gasteiger partial charge in [0.2, 0.25) is 0 Å². The second kappa shape index (κ2) is 7.78. The quantitative estimate of drug-likeness (QED) is 0.821. The van der Waals surface area contributed by atoms with Gasteiger partial charge in [-0.2, -0.15) is 0 Å². The van der Waals surface area contributed by atoms with Crippen LogP contribution >= 0.6 is 0 Å². The van der Waals surface area contributed by atoms with Crippen LogP contribution in [0.4, 0.5) is 8.78 Å². The number of carbonyl (C=O) groups excluding carboxylic acids is 1. The van der Waals surface area contributed by atoms with Crippen LogP contribution < -0.4 is 4.74 Å². The fourth-order valence-electron chi connectivity index (χ4n) is 4.21. The SMILES string of the molecule is O=C1c2c(ccc(O)c2F)CN1CC1CCC(COc2cccc(F)c2)CC1. The van der Waals surface area contributed by atoms with Crippen molar-refractivity contribution in [3.05, 3.63) is 59.2 Å². The Morgan fingerprint density at radius 1 is 1.07 bits per heavy atom. The minimum atomic E-state index is -0.816. The molecule has 1 heterocycles. The minimum absolute atomic E-state index is 0.0113. The maximum absolute atomic E-state index is 14.1. The molecule has 1 saturated carbocycles. The van der Waals surface area contributed by atoms with Gasteiger partial charge in [0.1, 0.15) is 11.6 Å². The molecule has 1 fully saturated rings. The highest BCUT2D eigenvalue weighted by Gasteiger charge is 2.34. The van der Waals surface area contributed by atoms with Gasteiger partial charge in [-0.3, -0.25) is 4.79 Å². The minimum Gasteiger partial charge on any atom is -0.505 e. The van der Waals surface area contributed by atoms with Crippen molar-refractivity contribution in [2.24, 2.45) is 11.8 Å². The zero-order chi connectivity index (χ0) is 19.7. The van der Waals surface area contributed by atoms with Crippen molar-refractivity contribution in [3.8, 4) is 11.5 Å². The van der Waals surface area contributed by atoms with Crippen molar-refractivity contribution in [3.63, 3.8) is 0 Å². The van der Waals surface area contributed by atoms with E-state index < -0.39 is 11.6 Å². The third kappa shape index (κ3) is 3.81. The van der Waals surface area contributed by atoms with Crippen molar-refractivity contribution in [2.45, 2.75) is 32.2 Å². The highest BCUT2D eigenvalue weighted by Crippen LogP contribution is 2.34. The third-order valence-corrected chi connectivity index (χ3v) is 5.80. The van der Waals surface area contributed by atoms with Gasteiger partial charge in [-0.15, -0.1) is 0 Å². The van der Waals surface area contributed by atoms with Gasteiger partial charge in [-0.05, 0) is 61.3 Å². The molecule has 0 spiro atoms. The maximum atomic E-state index is 14.1. The Labute approximate surface area is 162 Å². The van der Waals surface area contributed by atoms with Gasteiger partial charge >= 0.3 is 0 Å². The van der Waals surface area contributed by atoms with Crippen LogP contribution in [0.3, 0.4) is 0 Å². The molecular weight excluding hydrogens is 364 g/mol. The molecule has 2 aliphatic rings. The van der Waals surface area contributed by atoms with Crippen LogP contribution in [-0.4, -0.2) is 29.1 Å². The van der Waals surface area contributed by atoms with Gasteiger partial charge in [0.15, 0.2) is 11.6 Å². The molecule has 4 nitrogen and oxygen atoms in total. The zero-order valence-electron chi connectivity index (χ0n) is 15.5. The molecule has 2 aromatic carbocycles. The standard InChI is InChI=1S/C22H23F2NO3/c23-17-2-1-3-18(10-17)28-13-15-6-4-14(5-7-15)11-25-12-16-8-9-19(26)21(24)20(16)22(25)27/h1-3,8-10,14-15,26H,4-7,11-13H2. The average molecular weight is 387 g/mol. The van der Waals surface area contributed by atoms with Crippen molar-refractivity contribution >= 4 is 5.91 Å². The fraction of sp³-hybridized carbons (Fsp3) is 0.409. The Balaban J connectivity index is 1.27. The van der Waals surface area contributed by atoms with Crippen LogP contribution in [0, 0.1) is 23.5 Å². The maximum Gasteiger partial charge on any atom is 0.257 e. The zero-order valence-corrected chi connectivity index (χ0v) is 15.5. The van der Waals surface area contributed by atoms with Crippen LogP contribution in [0.25, 0.3) is 0 Å². The van der Waals surface area contributed by atoms with E-state index in [0.717, 1.165) is 25.7 Å². The summed E-state index contributed by atoms with van der Waals surface area (Å²) in [5.74, 6) is -0.591. The van der Waals surface area contributed by atoms with Gasteiger partial charge in [0.05, 0.1) is 12.2 Å². The molecule has 0 bridgehead atoms. The van der Waals surface area contributed by atoms with Crippen LogP contribution in [0.1, 0.15) is 41.6 Å². The first kappa shape index (κ1) is 18.7. The topological polar surface area (TPSA) is 49.8 Å². The second-order valence-electron chi connectivity index (χ2n) is 7.77. The van der Waals surface area contributed by atoms with Crippen molar-refractivity contribution < 1.29 is 23.4 Å². The lowest BCUT2D eigenvalue weighted by atomic mass is 9.82. The normalized spacial score (nSPS) is 21.6. The Bertz CT molecular complexity index is 878. The number of halogens is 2. The number of fused-ring (bicyclic) bond motifs is 1. The number of phenolic OH excluding ortho intramolecular Hbond substituents is 1. The molecule has 148 valence electrons. The number of hydrogen-bond acceptors (Lipinski definition) is 3. The van der Waals surface area contributed by atoms with Crippen LogP contribution in [0.5, 0.6) is 11.5 Å². The first-order valence-electron chi connectivity index (χ1n) is 9.69. The van der Waals surface area contributed by atoms with Crippen LogP contribution in [0.2, 0.25) is 0 Å². The lowest BCUT2D eigenvalue weighted by Crippen LogP contribution is -2.32. The molecule has 1 amide bonds. The van der Waals surface area contributed by atoms with E-state index in [4.69, 9.17) is 4.74 Å². The Morgan fingerprint density at radius 2 is 1.82 bits per heavy atom. The van der Waals surface area contributed by atoms with E-state index in [-0.39, 0.29) is 17.3 Å². The number of phenols is 1. The van der Waals surface area contributed by atoms with E-state index in [9.17, 15) is 18.7 Å². The molecule has 1 N–H and O–H groups in total. The highest BCUT2D eigenvalue weighted by atomic mass is 19.1. The number of amides is 1. The van der Waals surface area contributed by atoms with Crippen molar-refractivity contribution in [2.75, 3.05) is 13.2 Å². The van der Waals surface area contributed by atoms with Gasteiger partial charge in [0.25, 0.3) is 5.91 Å². The molecule has 0 atom stereocenters. The Kier molecular flexibility index (Phi) is 5.20. The smallest absolute Gasteiger partial charge is 0.257 e. The van der Waals surface area contributed by atoms with E-state index in [0.29, 0.717) is 42.8 Å². The summed E-state index contributed by atoms with van der Waals surface area (Å²) in [6, 6.07) is 9.08. The van der Waals surface area contributed by atoms with E-state index >= 15 is 0 Å². The number of ether oxygens (including phenoxy) is 1. The van der Waals surface area contributed by atoms with Crippen LogP contribution in [-0.2, 0) is 6.54 Å². The monoisotopic (exact) mass is 387 g/mol. The van der Waals surface area contributed by atoms with E-state index in [1.807, 2.05) is 0 Å². The lowest BCUT2D eigenvalue weighted by Gasteiger charge is -2.31. The summed E-state index contributed by atoms with van der Waals surface area (Å²) in [4.78, 5) is 14.2. The van der Waals surface area contributed by atoms with Gasteiger partial charge in [-0.1, -0.05) is 12.1 Å². The average Bonchev–Trinajstić information content (AvgIpc) is 3.00. The lowest BCUT2D eigenvalue weighted by molar-refractivity contribution is 0.0717. The number of nitrogens with zero attached hydrogens (tertiary/aromatic N) is 1. The van der Waals surface area contributed by atoms with Gasteiger partial charge < -0.3 is 14.7 Å². The molecule has 4 rings (SSSR count). The number of rotatable bonds is 5. The number of aromatic hydroxyl groups is 1. The first-order chi connectivity index (χ1) is 13.5. The predicted molar refractivity (Wildman–Crippen MR) is 100 cm³/mol. The summed E-state index contributed by atoms with van der Waals surface area (Å²) in [5.41, 5.74) is 0.648. The fourth-order valence-corrected chi connectivity index (χ4v) is 4.21. The summed E-state index contributed by atoms with van der Waals surface area (Å²) >= 11 is 0. The third-order valence-electron chi connectivity index (χ3n) is 5.80. The number of benzene rings is 2. The first-order valence-corrected chi connectivity index (χ1v) is 9.69. The van der Waals surface area contributed by atoms with E-state index in [1.165, 1.54) is 18.2 Å². The molecule has 0 unspecified atom stereocenters. The molecule has 1 aliphatic carbocycles. The highest BCUT2D eigenvalue weighted by molar-refractivity contribution is 5.99. The predicted octanol–water partition coefficient (Wildman–Crippen LogP) is 4.51. The molecular formula is C22H23F2NO3. The van der Waals surface area contributed by atoms with E-state index in [2.05, 4.69) is 0 Å². The molecule has 1 aliphatic heterocycles. The molecule has 0 aromatic heterocycles. The van der Waals surface area contributed by atoms with Crippen molar-refractivity contribution in [1.82, 2.24) is 4.90 Å². The molecule has 0 radical (unpaired) electrons. The summed E-state index contributed by atoms with van der Waals surface area (Å²) < 4.78 is 33.0. The molecule has 28 heavy (non-hydrogen) atoms. The summed E-state index contributed by atoms with van der Waals surface area (Å²) in [6.45, 7) is 1.56. The molecule has 2 aromatic rings. The van der Waals surface area contributed by atoms with Crippen LogP contribution in [0.15, 0.2) is 36.4 Å². The summed E-state index contributed by atoms with van der Waals surface area (Å²) in [5, 5.41) is 9.51. The summed E-state index contributed by atoms with van der Waals surface area (Å²) in [7, 11) is 0. The number of hydrogen-bond donors (Lipinski definition) is 1. The molecule has 0 saturated heterocycles. The number of carbonyl (C=O) groups is 1. The largest absolute Gasteiger partial charge is 0.505 e.